The lowest BCUT2D eigenvalue weighted by Gasteiger charge is -2.35. The summed E-state index contributed by atoms with van der Waals surface area (Å²) in [4.78, 5) is 14.8. The third-order valence-corrected chi connectivity index (χ3v) is 4.48. The van der Waals surface area contributed by atoms with Gasteiger partial charge < -0.3 is 10.4 Å². The maximum atomic E-state index is 13.0. The largest absolute Gasteiger partial charge is 0.386 e. The Labute approximate surface area is 137 Å². The highest BCUT2D eigenvalue weighted by Crippen LogP contribution is 2.20. The van der Waals surface area contributed by atoms with Crippen molar-refractivity contribution in [2.45, 2.75) is 57.7 Å². The molecule has 0 spiro atoms. The molecule has 0 radical (unpaired) electrons. The summed E-state index contributed by atoms with van der Waals surface area (Å²) < 4.78 is 13.0. The minimum Gasteiger partial charge on any atom is -0.386 e. The molecule has 4 nitrogen and oxygen atoms in total. The summed E-state index contributed by atoms with van der Waals surface area (Å²) in [6.45, 7) is 5.78. The normalized spacial score (nSPS) is 21.7. The molecule has 2 rings (SSSR count). The number of nitrogens with one attached hydrogen (secondary N) is 1. The number of aliphatic hydroxyl groups excluding tert-OH is 1. The van der Waals surface area contributed by atoms with E-state index >= 15 is 0 Å². The van der Waals surface area contributed by atoms with E-state index < -0.39 is 12.1 Å². The Bertz CT molecular complexity index is 504. The van der Waals surface area contributed by atoms with Crippen LogP contribution in [0, 0.1) is 5.82 Å². The molecule has 1 fully saturated rings. The zero-order chi connectivity index (χ0) is 16.8. The zero-order valence-electron chi connectivity index (χ0n) is 14.0. The number of aliphatic hydroxyl groups is 1. The molecule has 1 amide bonds. The van der Waals surface area contributed by atoms with Crippen molar-refractivity contribution in [1.82, 2.24) is 10.2 Å². The molecular formula is C18H27FN2O2. The van der Waals surface area contributed by atoms with Crippen molar-refractivity contribution in [1.29, 1.82) is 0 Å². The van der Waals surface area contributed by atoms with Crippen LogP contribution in [0.1, 0.15) is 51.2 Å². The molecule has 0 aliphatic carbocycles. The van der Waals surface area contributed by atoms with Gasteiger partial charge in [0.25, 0.3) is 0 Å². The Morgan fingerprint density at radius 2 is 2.09 bits per heavy atom. The summed E-state index contributed by atoms with van der Waals surface area (Å²) in [5, 5.41) is 13.3. The van der Waals surface area contributed by atoms with Crippen LogP contribution < -0.4 is 5.32 Å². The van der Waals surface area contributed by atoms with Gasteiger partial charge >= 0.3 is 0 Å². The van der Waals surface area contributed by atoms with E-state index in [-0.39, 0.29) is 17.8 Å². The van der Waals surface area contributed by atoms with Crippen molar-refractivity contribution in [2.75, 3.05) is 13.1 Å². The molecule has 3 atom stereocenters. The molecule has 1 aliphatic heterocycles. The maximum absolute atomic E-state index is 13.0. The molecule has 0 aromatic heterocycles. The second-order valence-corrected chi connectivity index (χ2v) is 6.34. The Morgan fingerprint density at radius 3 is 2.74 bits per heavy atom. The second kappa shape index (κ2) is 8.41. The standard InChI is InChI=1S/C18H27FN2O2/c1-3-11-21-12-5-4-6-16(21)18(23)20-13(2)17(22)14-7-9-15(19)10-8-14/h7-10,13,16-17,22H,3-6,11-12H2,1-2H3,(H,20,23). The van der Waals surface area contributed by atoms with Gasteiger partial charge in [0.1, 0.15) is 5.82 Å². The van der Waals surface area contributed by atoms with Gasteiger partial charge in [-0.25, -0.2) is 4.39 Å². The van der Waals surface area contributed by atoms with Crippen LogP contribution in [0.4, 0.5) is 4.39 Å². The number of benzene rings is 1. The number of hydrogen-bond donors (Lipinski definition) is 2. The highest BCUT2D eigenvalue weighted by atomic mass is 19.1. The fraction of sp³-hybridized carbons (Fsp3) is 0.611. The number of amides is 1. The number of rotatable bonds is 6. The van der Waals surface area contributed by atoms with E-state index in [1.165, 1.54) is 12.1 Å². The van der Waals surface area contributed by atoms with Crippen LogP contribution in [0.2, 0.25) is 0 Å². The first-order chi connectivity index (χ1) is 11.0. The summed E-state index contributed by atoms with van der Waals surface area (Å²) in [5.74, 6) is -0.359. The predicted molar refractivity (Wildman–Crippen MR) is 88.5 cm³/mol. The summed E-state index contributed by atoms with van der Waals surface area (Å²) in [7, 11) is 0. The molecule has 23 heavy (non-hydrogen) atoms. The van der Waals surface area contributed by atoms with E-state index in [1.807, 2.05) is 0 Å². The zero-order valence-corrected chi connectivity index (χ0v) is 14.0. The smallest absolute Gasteiger partial charge is 0.237 e. The number of halogens is 1. The Morgan fingerprint density at radius 1 is 1.39 bits per heavy atom. The summed E-state index contributed by atoms with van der Waals surface area (Å²) in [5.41, 5.74) is 0.605. The van der Waals surface area contributed by atoms with Crippen LogP contribution in [0.3, 0.4) is 0 Å². The molecule has 128 valence electrons. The highest BCUT2D eigenvalue weighted by Gasteiger charge is 2.30. The first-order valence-corrected chi connectivity index (χ1v) is 8.51. The summed E-state index contributed by atoms with van der Waals surface area (Å²) in [6.07, 6.45) is 3.25. The molecule has 1 aliphatic rings. The van der Waals surface area contributed by atoms with Crippen molar-refractivity contribution < 1.29 is 14.3 Å². The van der Waals surface area contributed by atoms with Crippen LogP contribution in [-0.2, 0) is 4.79 Å². The number of carbonyl (C=O) groups excluding carboxylic acids is 1. The lowest BCUT2D eigenvalue weighted by atomic mass is 9.99. The van der Waals surface area contributed by atoms with Crippen molar-refractivity contribution >= 4 is 5.91 Å². The summed E-state index contributed by atoms with van der Waals surface area (Å²) in [6, 6.07) is 5.21. The van der Waals surface area contributed by atoms with Crippen LogP contribution in [-0.4, -0.2) is 41.1 Å². The molecule has 1 saturated heterocycles. The molecule has 1 aromatic carbocycles. The molecule has 2 N–H and O–H groups in total. The fourth-order valence-electron chi connectivity index (χ4n) is 3.19. The lowest BCUT2D eigenvalue weighted by molar-refractivity contribution is -0.129. The highest BCUT2D eigenvalue weighted by molar-refractivity contribution is 5.82. The van der Waals surface area contributed by atoms with Crippen LogP contribution in [0.5, 0.6) is 0 Å². The van der Waals surface area contributed by atoms with Gasteiger partial charge in [0.2, 0.25) is 5.91 Å². The first-order valence-electron chi connectivity index (χ1n) is 8.51. The average Bonchev–Trinajstić information content (AvgIpc) is 2.55. The van der Waals surface area contributed by atoms with Gasteiger partial charge in [-0.1, -0.05) is 25.5 Å². The minimum atomic E-state index is -0.845. The average molecular weight is 322 g/mol. The predicted octanol–water partition coefficient (Wildman–Crippen LogP) is 2.63. The number of piperidine rings is 1. The van der Waals surface area contributed by atoms with Gasteiger partial charge in [-0.15, -0.1) is 0 Å². The van der Waals surface area contributed by atoms with E-state index in [1.54, 1.807) is 19.1 Å². The van der Waals surface area contributed by atoms with Gasteiger partial charge in [-0.3, -0.25) is 9.69 Å². The number of likely N-dealkylation sites (tertiary alicyclic amines) is 1. The maximum Gasteiger partial charge on any atom is 0.237 e. The van der Waals surface area contributed by atoms with E-state index in [4.69, 9.17) is 0 Å². The first kappa shape index (κ1) is 17.9. The summed E-state index contributed by atoms with van der Waals surface area (Å²) >= 11 is 0. The second-order valence-electron chi connectivity index (χ2n) is 6.34. The lowest BCUT2D eigenvalue weighted by Crippen LogP contribution is -2.52. The number of nitrogens with zero attached hydrogens (tertiary/aromatic N) is 1. The fourth-order valence-corrected chi connectivity index (χ4v) is 3.19. The van der Waals surface area contributed by atoms with Gasteiger partial charge in [-0.05, 0) is 57.0 Å². The molecule has 0 bridgehead atoms. The minimum absolute atomic E-state index is 0.0215. The van der Waals surface area contributed by atoms with Crippen molar-refractivity contribution in [3.05, 3.63) is 35.6 Å². The molecule has 5 heteroatoms. The van der Waals surface area contributed by atoms with Crippen LogP contribution in [0.25, 0.3) is 0 Å². The van der Waals surface area contributed by atoms with Crippen molar-refractivity contribution in [2.24, 2.45) is 0 Å². The van der Waals surface area contributed by atoms with Gasteiger partial charge in [0, 0.05) is 0 Å². The van der Waals surface area contributed by atoms with Gasteiger partial charge in [-0.2, -0.15) is 0 Å². The third-order valence-electron chi connectivity index (χ3n) is 4.48. The van der Waals surface area contributed by atoms with E-state index in [9.17, 15) is 14.3 Å². The van der Waals surface area contributed by atoms with Crippen LogP contribution in [0.15, 0.2) is 24.3 Å². The van der Waals surface area contributed by atoms with Crippen molar-refractivity contribution in [3.63, 3.8) is 0 Å². The Hall–Kier alpha value is -1.46. The Balaban J connectivity index is 1.96. The molecular weight excluding hydrogens is 295 g/mol. The van der Waals surface area contributed by atoms with Crippen molar-refractivity contribution in [3.8, 4) is 0 Å². The number of hydrogen-bond acceptors (Lipinski definition) is 3. The van der Waals surface area contributed by atoms with E-state index in [2.05, 4.69) is 17.1 Å². The third kappa shape index (κ3) is 4.75. The molecule has 3 unspecified atom stereocenters. The Kier molecular flexibility index (Phi) is 6.54. The van der Waals surface area contributed by atoms with Gasteiger partial charge in [0.05, 0.1) is 18.2 Å². The SMILES string of the molecule is CCCN1CCCCC1C(=O)NC(C)C(O)c1ccc(F)cc1. The van der Waals surface area contributed by atoms with E-state index in [0.29, 0.717) is 5.56 Å². The van der Waals surface area contributed by atoms with E-state index in [0.717, 1.165) is 38.8 Å². The molecule has 0 saturated carbocycles. The monoisotopic (exact) mass is 322 g/mol. The van der Waals surface area contributed by atoms with Gasteiger partial charge in [0.15, 0.2) is 0 Å². The van der Waals surface area contributed by atoms with Crippen LogP contribution >= 0.6 is 0 Å². The number of carbonyl (C=O) groups is 1. The topological polar surface area (TPSA) is 52.6 Å². The molecule has 1 aromatic rings. The molecule has 1 heterocycles. The quantitative estimate of drug-likeness (QED) is 0.846.